The van der Waals surface area contributed by atoms with E-state index in [0.29, 0.717) is 0 Å². The highest BCUT2D eigenvalue weighted by molar-refractivity contribution is 5.49. The molecule has 2 heteroatoms. The SMILES string of the molecule is C[C](C)Cc1cccc(N2CCN(C)CC2)c1. The average Bonchev–Trinajstić information content (AvgIpc) is 2.29. The van der Waals surface area contributed by atoms with E-state index >= 15 is 0 Å². The van der Waals surface area contributed by atoms with Gasteiger partial charge in [-0.1, -0.05) is 26.0 Å². The number of anilines is 1. The fourth-order valence-corrected chi connectivity index (χ4v) is 2.34. The second-order valence-electron chi connectivity index (χ2n) is 5.34. The van der Waals surface area contributed by atoms with E-state index in [0.717, 1.165) is 19.5 Å². The zero-order valence-electron chi connectivity index (χ0n) is 11.2. The van der Waals surface area contributed by atoms with Crippen molar-refractivity contribution in [2.24, 2.45) is 0 Å². The average molecular weight is 231 g/mol. The van der Waals surface area contributed by atoms with E-state index in [1.165, 1.54) is 30.3 Å². The van der Waals surface area contributed by atoms with E-state index in [1.807, 2.05) is 0 Å². The topological polar surface area (TPSA) is 6.48 Å². The first-order chi connectivity index (χ1) is 8.15. The van der Waals surface area contributed by atoms with Gasteiger partial charge in [-0.15, -0.1) is 0 Å². The molecule has 2 nitrogen and oxygen atoms in total. The molecule has 1 aromatic carbocycles. The first-order valence-electron chi connectivity index (χ1n) is 6.46. The summed E-state index contributed by atoms with van der Waals surface area (Å²) in [7, 11) is 2.20. The standard InChI is InChI=1S/C15H23N2/c1-13(2)11-14-5-4-6-15(12-14)17-9-7-16(3)8-10-17/h4-6,12H,7-11H2,1-3H3. The van der Waals surface area contributed by atoms with Gasteiger partial charge in [0.25, 0.3) is 0 Å². The lowest BCUT2D eigenvalue weighted by Crippen LogP contribution is -2.44. The second kappa shape index (κ2) is 5.54. The molecule has 0 unspecified atom stereocenters. The lowest BCUT2D eigenvalue weighted by atomic mass is 10.0. The van der Waals surface area contributed by atoms with E-state index in [9.17, 15) is 0 Å². The Hall–Kier alpha value is -1.02. The summed E-state index contributed by atoms with van der Waals surface area (Å²) in [4.78, 5) is 4.89. The van der Waals surface area contributed by atoms with Gasteiger partial charge in [-0.2, -0.15) is 0 Å². The van der Waals surface area contributed by atoms with Crippen molar-refractivity contribution < 1.29 is 0 Å². The Morgan fingerprint density at radius 3 is 2.47 bits per heavy atom. The molecule has 0 spiro atoms. The maximum atomic E-state index is 2.49. The largest absolute Gasteiger partial charge is 0.369 e. The molecule has 0 aliphatic carbocycles. The predicted octanol–water partition coefficient (Wildman–Crippen LogP) is 2.60. The number of likely N-dealkylation sites (N-methyl/N-ethyl adjacent to an activating group) is 1. The fourth-order valence-electron chi connectivity index (χ4n) is 2.34. The zero-order chi connectivity index (χ0) is 12.3. The summed E-state index contributed by atoms with van der Waals surface area (Å²) >= 11 is 0. The molecule has 93 valence electrons. The van der Waals surface area contributed by atoms with Crippen molar-refractivity contribution in [3.8, 4) is 0 Å². The number of piperazine rings is 1. The highest BCUT2D eigenvalue weighted by Crippen LogP contribution is 2.19. The molecular weight excluding hydrogens is 208 g/mol. The van der Waals surface area contributed by atoms with Gasteiger partial charge in [-0.3, -0.25) is 0 Å². The molecule has 1 fully saturated rings. The van der Waals surface area contributed by atoms with Crippen LogP contribution >= 0.6 is 0 Å². The third kappa shape index (κ3) is 3.47. The molecular formula is C15H23N2. The van der Waals surface area contributed by atoms with Crippen LogP contribution in [0.1, 0.15) is 19.4 Å². The van der Waals surface area contributed by atoms with E-state index < -0.39 is 0 Å². The van der Waals surface area contributed by atoms with Crippen LogP contribution in [0.2, 0.25) is 0 Å². The first-order valence-corrected chi connectivity index (χ1v) is 6.46. The number of nitrogens with zero attached hydrogens (tertiary/aromatic N) is 2. The third-order valence-corrected chi connectivity index (χ3v) is 3.34. The Balaban J connectivity index is 2.05. The lowest BCUT2D eigenvalue weighted by Gasteiger charge is -2.34. The first kappa shape index (κ1) is 12.4. The van der Waals surface area contributed by atoms with Gasteiger partial charge >= 0.3 is 0 Å². The minimum absolute atomic E-state index is 1.10. The molecule has 1 aliphatic heterocycles. The van der Waals surface area contributed by atoms with Crippen molar-refractivity contribution in [1.82, 2.24) is 4.90 Å². The van der Waals surface area contributed by atoms with Crippen LogP contribution in [0.3, 0.4) is 0 Å². The number of hydrogen-bond donors (Lipinski definition) is 0. The van der Waals surface area contributed by atoms with Crippen LogP contribution in [0, 0.1) is 5.92 Å². The summed E-state index contributed by atoms with van der Waals surface area (Å²) < 4.78 is 0. The fraction of sp³-hybridized carbons (Fsp3) is 0.533. The normalized spacial score (nSPS) is 17.8. The van der Waals surface area contributed by atoms with Crippen LogP contribution in [-0.2, 0) is 6.42 Å². The molecule has 0 N–H and O–H groups in total. The molecule has 17 heavy (non-hydrogen) atoms. The number of rotatable bonds is 3. The second-order valence-corrected chi connectivity index (χ2v) is 5.34. The van der Waals surface area contributed by atoms with E-state index in [4.69, 9.17) is 0 Å². The van der Waals surface area contributed by atoms with Crippen LogP contribution in [0.5, 0.6) is 0 Å². The Kier molecular flexibility index (Phi) is 4.06. The van der Waals surface area contributed by atoms with E-state index in [-0.39, 0.29) is 0 Å². The van der Waals surface area contributed by atoms with Crippen LogP contribution in [0.15, 0.2) is 24.3 Å². The van der Waals surface area contributed by atoms with Gasteiger partial charge in [0.2, 0.25) is 0 Å². The summed E-state index contributed by atoms with van der Waals surface area (Å²) in [6, 6.07) is 9.00. The summed E-state index contributed by atoms with van der Waals surface area (Å²) in [5.41, 5.74) is 2.82. The quantitative estimate of drug-likeness (QED) is 0.789. The van der Waals surface area contributed by atoms with Crippen molar-refractivity contribution in [2.75, 3.05) is 38.1 Å². The minimum Gasteiger partial charge on any atom is -0.369 e. The van der Waals surface area contributed by atoms with Gasteiger partial charge in [0, 0.05) is 31.9 Å². The summed E-state index contributed by atoms with van der Waals surface area (Å²) in [5, 5.41) is 0. The number of benzene rings is 1. The molecule has 1 aromatic rings. The van der Waals surface area contributed by atoms with Gasteiger partial charge in [-0.25, -0.2) is 0 Å². The minimum atomic E-state index is 1.10. The Labute approximate surface area is 105 Å². The molecule has 0 atom stereocenters. The maximum absolute atomic E-state index is 2.49. The lowest BCUT2D eigenvalue weighted by molar-refractivity contribution is 0.313. The summed E-state index contributed by atoms with van der Waals surface area (Å²) in [6.45, 7) is 9.03. The van der Waals surface area contributed by atoms with Gasteiger partial charge in [0.15, 0.2) is 0 Å². The molecule has 0 aromatic heterocycles. The van der Waals surface area contributed by atoms with Gasteiger partial charge in [0.1, 0.15) is 0 Å². The van der Waals surface area contributed by atoms with Gasteiger partial charge < -0.3 is 9.80 Å². The van der Waals surface area contributed by atoms with Crippen molar-refractivity contribution in [1.29, 1.82) is 0 Å². The molecule has 1 radical (unpaired) electrons. The number of hydrogen-bond acceptors (Lipinski definition) is 2. The smallest absolute Gasteiger partial charge is 0.0369 e. The summed E-state index contributed by atoms with van der Waals surface area (Å²) in [6.07, 6.45) is 1.10. The molecule has 0 amide bonds. The Morgan fingerprint density at radius 2 is 1.82 bits per heavy atom. The van der Waals surface area contributed by atoms with Gasteiger partial charge in [0.05, 0.1) is 0 Å². The van der Waals surface area contributed by atoms with Crippen molar-refractivity contribution in [3.63, 3.8) is 0 Å². The van der Waals surface area contributed by atoms with Gasteiger partial charge in [-0.05, 0) is 37.1 Å². The van der Waals surface area contributed by atoms with Crippen LogP contribution in [0.25, 0.3) is 0 Å². The Bertz CT molecular complexity index is 352. The van der Waals surface area contributed by atoms with Crippen molar-refractivity contribution in [2.45, 2.75) is 20.3 Å². The third-order valence-electron chi connectivity index (χ3n) is 3.34. The highest BCUT2D eigenvalue weighted by atomic mass is 15.2. The molecule has 1 aliphatic rings. The molecule has 1 saturated heterocycles. The molecule has 1 heterocycles. The predicted molar refractivity (Wildman–Crippen MR) is 74.4 cm³/mol. The monoisotopic (exact) mass is 231 g/mol. The highest BCUT2D eigenvalue weighted by Gasteiger charge is 2.14. The van der Waals surface area contributed by atoms with Crippen molar-refractivity contribution >= 4 is 5.69 Å². The van der Waals surface area contributed by atoms with E-state index in [2.05, 4.69) is 55.0 Å². The molecule has 0 saturated carbocycles. The van der Waals surface area contributed by atoms with Crippen LogP contribution in [0.4, 0.5) is 5.69 Å². The Morgan fingerprint density at radius 1 is 1.12 bits per heavy atom. The molecule has 0 bridgehead atoms. The summed E-state index contributed by atoms with van der Waals surface area (Å²) in [5.74, 6) is 1.47. The zero-order valence-corrected chi connectivity index (χ0v) is 11.2. The van der Waals surface area contributed by atoms with E-state index in [1.54, 1.807) is 0 Å². The molecule has 2 rings (SSSR count). The van der Waals surface area contributed by atoms with Crippen LogP contribution in [-0.4, -0.2) is 38.1 Å². The maximum Gasteiger partial charge on any atom is 0.0369 e. The van der Waals surface area contributed by atoms with Crippen molar-refractivity contribution in [3.05, 3.63) is 35.7 Å². The van der Waals surface area contributed by atoms with Crippen LogP contribution < -0.4 is 4.90 Å².